The molecule has 1 aliphatic carbocycles. The third-order valence-corrected chi connectivity index (χ3v) is 5.20. The van der Waals surface area contributed by atoms with Crippen LogP contribution >= 0.6 is 0 Å². The molecular weight excluding hydrogens is 266 g/mol. The first-order valence-electron chi connectivity index (χ1n) is 7.87. The minimum atomic E-state index is -0.506. The van der Waals surface area contributed by atoms with Crippen molar-refractivity contribution >= 4 is 11.8 Å². The number of primary amides is 1. The summed E-state index contributed by atoms with van der Waals surface area (Å²) in [6.45, 7) is 3.12. The number of aromatic amines is 1. The van der Waals surface area contributed by atoms with E-state index in [-0.39, 0.29) is 5.91 Å². The van der Waals surface area contributed by atoms with E-state index >= 15 is 0 Å². The second kappa shape index (κ2) is 5.54. The SMILES string of the molecule is C[C@@H]1CCN(C(=O)c2cc(C(N)=O)c[nH]2)[C@H]2CCCC[C@@H]12. The molecule has 1 aliphatic heterocycles. The summed E-state index contributed by atoms with van der Waals surface area (Å²) in [4.78, 5) is 28.8. The summed E-state index contributed by atoms with van der Waals surface area (Å²) in [5, 5.41) is 0. The van der Waals surface area contributed by atoms with Crippen molar-refractivity contribution in [2.75, 3.05) is 6.54 Å². The lowest BCUT2D eigenvalue weighted by Crippen LogP contribution is -2.52. The van der Waals surface area contributed by atoms with Crippen LogP contribution in [0.4, 0.5) is 0 Å². The molecule has 1 saturated carbocycles. The number of nitrogens with zero attached hydrogens (tertiary/aromatic N) is 1. The van der Waals surface area contributed by atoms with Gasteiger partial charge in [0.2, 0.25) is 5.91 Å². The Morgan fingerprint density at radius 3 is 2.76 bits per heavy atom. The predicted molar refractivity (Wildman–Crippen MR) is 79.9 cm³/mol. The number of H-pyrrole nitrogens is 1. The van der Waals surface area contributed by atoms with Crippen molar-refractivity contribution in [3.8, 4) is 0 Å². The van der Waals surface area contributed by atoms with Crippen molar-refractivity contribution < 1.29 is 9.59 Å². The molecule has 2 heterocycles. The van der Waals surface area contributed by atoms with Crippen LogP contribution in [0.1, 0.15) is 59.9 Å². The summed E-state index contributed by atoms with van der Waals surface area (Å²) >= 11 is 0. The van der Waals surface area contributed by atoms with E-state index < -0.39 is 5.91 Å². The first-order chi connectivity index (χ1) is 10.1. The smallest absolute Gasteiger partial charge is 0.270 e. The molecule has 3 atom stereocenters. The van der Waals surface area contributed by atoms with Crippen LogP contribution in [0.2, 0.25) is 0 Å². The summed E-state index contributed by atoms with van der Waals surface area (Å²) in [7, 11) is 0. The summed E-state index contributed by atoms with van der Waals surface area (Å²) in [6.07, 6.45) is 7.39. The molecule has 5 nitrogen and oxygen atoms in total. The van der Waals surface area contributed by atoms with Gasteiger partial charge in [-0.15, -0.1) is 0 Å². The van der Waals surface area contributed by atoms with E-state index in [1.54, 1.807) is 6.07 Å². The normalized spacial score (nSPS) is 29.0. The number of hydrogen-bond acceptors (Lipinski definition) is 2. The number of nitrogens with two attached hydrogens (primary N) is 1. The van der Waals surface area contributed by atoms with Crippen LogP contribution in [0, 0.1) is 11.8 Å². The summed E-state index contributed by atoms with van der Waals surface area (Å²) in [5.41, 5.74) is 6.09. The molecule has 1 saturated heterocycles. The number of fused-ring (bicyclic) bond motifs is 1. The molecule has 0 bridgehead atoms. The van der Waals surface area contributed by atoms with Gasteiger partial charge in [-0.1, -0.05) is 19.8 Å². The van der Waals surface area contributed by atoms with E-state index in [2.05, 4.69) is 11.9 Å². The third kappa shape index (κ3) is 2.57. The molecule has 1 aromatic rings. The van der Waals surface area contributed by atoms with Crippen molar-refractivity contribution in [1.29, 1.82) is 0 Å². The standard InChI is InChI=1S/C16H23N3O2/c1-10-6-7-19(14-5-3-2-4-12(10)14)16(21)13-8-11(9-18-13)15(17)20/h8-10,12,14,18H,2-7H2,1H3,(H2,17,20)/t10-,12+,14+/m1/s1. The Morgan fingerprint density at radius 2 is 2.05 bits per heavy atom. The average Bonchev–Trinajstić information content (AvgIpc) is 2.97. The second-order valence-corrected chi connectivity index (χ2v) is 6.45. The molecule has 114 valence electrons. The van der Waals surface area contributed by atoms with Gasteiger partial charge in [0.1, 0.15) is 5.69 Å². The van der Waals surface area contributed by atoms with E-state index in [0.29, 0.717) is 29.1 Å². The molecule has 21 heavy (non-hydrogen) atoms. The lowest BCUT2D eigenvalue weighted by atomic mass is 9.72. The van der Waals surface area contributed by atoms with Gasteiger partial charge in [-0.3, -0.25) is 9.59 Å². The quantitative estimate of drug-likeness (QED) is 0.875. The molecule has 1 aromatic heterocycles. The number of piperidine rings is 1. The van der Waals surface area contributed by atoms with Gasteiger partial charge in [0.25, 0.3) is 5.91 Å². The van der Waals surface area contributed by atoms with Crippen molar-refractivity contribution in [1.82, 2.24) is 9.88 Å². The summed E-state index contributed by atoms with van der Waals surface area (Å²) in [6, 6.07) is 1.93. The molecule has 2 amide bonds. The summed E-state index contributed by atoms with van der Waals surface area (Å²) < 4.78 is 0. The zero-order valence-corrected chi connectivity index (χ0v) is 12.5. The highest BCUT2D eigenvalue weighted by Gasteiger charge is 2.39. The van der Waals surface area contributed by atoms with Gasteiger partial charge in [0, 0.05) is 18.8 Å². The van der Waals surface area contributed by atoms with Gasteiger partial charge in [-0.2, -0.15) is 0 Å². The van der Waals surface area contributed by atoms with Gasteiger partial charge in [-0.25, -0.2) is 0 Å². The van der Waals surface area contributed by atoms with Crippen LogP contribution in [-0.2, 0) is 0 Å². The van der Waals surface area contributed by atoms with Gasteiger partial charge in [0.05, 0.1) is 5.56 Å². The van der Waals surface area contributed by atoms with E-state index in [0.717, 1.165) is 19.4 Å². The first-order valence-corrected chi connectivity index (χ1v) is 7.87. The maximum atomic E-state index is 12.7. The third-order valence-electron chi connectivity index (χ3n) is 5.20. The number of carbonyl (C=O) groups is 2. The molecule has 5 heteroatoms. The molecule has 3 N–H and O–H groups in total. The van der Waals surface area contributed by atoms with E-state index in [1.165, 1.54) is 25.5 Å². The van der Waals surface area contributed by atoms with Crippen LogP contribution < -0.4 is 5.73 Å². The van der Waals surface area contributed by atoms with Crippen molar-refractivity contribution in [3.05, 3.63) is 23.5 Å². The lowest BCUT2D eigenvalue weighted by Gasteiger charge is -2.47. The van der Waals surface area contributed by atoms with Crippen molar-refractivity contribution in [2.45, 2.75) is 45.1 Å². The van der Waals surface area contributed by atoms with Gasteiger partial charge >= 0.3 is 0 Å². The number of likely N-dealkylation sites (tertiary alicyclic amines) is 1. The average molecular weight is 289 g/mol. The van der Waals surface area contributed by atoms with Crippen molar-refractivity contribution in [3.63, 3.8) is 0 Å². The number of aromatic nitrogens is 1. The number of rotatable bonds is 2. The fourth-order valence-corrected chi connectivity index (χ4v) is 3.98. The Kier molecular flexibility index (Phi) is 3.74. The number of hydrogen-bond donors (Lipinski definition) is 2. The first kappa shape index (κ1) is 14.2. The molecule has 0 radical (unpaired) electrons. The lowest BCUT2D eigenvalue weighted by molar-refractivity contribution is 0.0213. The zero-order valence-electron chi connectivity index (χ0n) is 12.5. The number of nitrogens with one attached hydrogen (secondary N) is 1. The van der Waals surface area contributed by atoms with Crippen LogP contribution in [0.5, 0.6) is 0 Å². The molecular formula is C16H23N3O2. The van der Waals surface area contributed by atoms with Crippen molar-refractivity contribution in [2.24, 2.45) is 17.6 Å². The largest absolute Gasteiger partial charge is 0.366 e. The number of carbonyl (C=O) groups excluding carboxylic acids is 2. The topological polar surface area (TPSA) is 79.2 Å². The Balaban J connectivity index is 1.81. The Hall–Kier alpha value is -1.78. The van der Waals surface area contributed by atoms with Gasteiger partial charge in [0.15, 0.2) is 0 Å². The Morgan fingerprint density at radius 1 is 1.29 bits per heavy atom. The Labute approximate surface area is 124 Å². The van der Waals surface area contributed by atoms with Crippen LogP contribution in [-0.4, -0.2) is 34.3 Å². The minimum absolute atomic E-state index is 0.00583. The highest BCUT2D eigenvalue weighted by molar-refractivity contribution is 5.98. The summed E-state index contributed by atoms with van der Waals surface area (Å²) in [5.74, 6) is 0.825. The van der Waals surface area contributed by atoms with E-state index in [9.17, 15) is 9.59 Å². The zero-order chi connectivity index (χ0) is 15.0. The highest BCUT2D eigenvalue weighted by Crippen LogP contribution is 2.39. The van der Waals surface area contributed by atoms with Crippen LogP contribution in [0.15, 0.2) is 12.3 Å². The maximum Gasteiger partial charge on any atom is 0.270 e. The predicted octanol–water partition coefficient (Wildman–Crippen LogP) is 2.15. The molecule has 2 aliphatic rings. The number of amides is 2. The fraction of sp³-hybridized carbons (Fsp3) is 0.625. The van der Waals surface area contributed by atoms with Gasteiger partial charge in [-0.05, 0) is 37.2 Å². The molecule has 0 spiro atoms. The molecule has 3 rings (SSSR count). The molecule has 2 fully saturated rings. The van der Waals surface area contributed by atoms with Crippen LogP contribution in [0.25, 0.3) is 0 Å². The van der Waals surface area contributed by atoms with Gasteiger partial charge < -0.3 is 15.6 Å². The van der Waals surface area contributed by atoms with E-state index in [4.69, 9.17) is 5.73 Å². The fourth-order valence-electron chi connectivity index (χ4n) is 3.98. The Bertz CT molecular complexity index is 551. The minimum Gasteiger partial charge on any atom is -0.366 e. The highest BCUT2D eigenvalue weighted by atomic mass is 16.2. The second-order valence-electron chi connectivity index (χ2n) is 6.45. The van der Waals surface area contributed by atoms with Crippen LogP contribution in [0.3, 0.4) is 0 Å². The molecule has 0 aromatic carbocycles. The molecule has 0 unspecified atom stereocenters. The maximum absolute atomic E-state index is 12.7. The monoisotopic (exact) mass is 289 g/mol. The van der Waals surface area contributed by atoms with E-state index in [1.807, 2.05) is 4.90 Å².